The third-order valence-corrected chi connectivity index (χ3v) is 3.57. The molecule has 2 aromatic rings. The van der Waals surface area contributed by atoms with Gasteiger partial charge in [0.15, 0.2) is 0 Å². The molecule has 0 aromatic heterocycles. The molecule has 2 nitrogen and oxygen atoms in total. The van der Waals surface area contributed by atoms with Gasteiger partial charge in [-0.15, -0.1) is 0 Å². The summed E-state index contributed by atoms with van der Waals surface area (Å²) in [7, 11) is 0. The van der Waals surface area contributed by atoms with Gasteiger partial charge in [-0.3, -0.25) is 0 Å². The minimum Gasteiger partial charge on any atom is -0.392 e. The molecule has 0 saturated carbocycles. The molecule has 0 aliphatic carbocycles. The number of aryl methyl sites for hydroxylation is 1. The molecule has 2 N–H and O–H groups in total. The van der Waals surface area contributed by atoms with E-state index in [0.29, 0.717) is 25.1 Å². The number of benzene rings is 2. The Hall–Kier alpha value is -1.85. The molecule has 124 valence electrons. The van der Waals surface area contributed by atoms with Crippen LogP contribution in [0.5, 0.6) is 0 Å². The van der Waals surface area contributed by atoms with Gasteiger partial charge >= 0.3 is 6.18 Å². The second-order valence-corrected chi connectivity index (χ2v) is 5.51. The minimum absolute atomic E-state index is 0.298. The zero-order chi connectivity index (χ0) is 16.7. The van der Waals surface area contributed by atoms with Gasteiger partial charge in [0, 0.05) is 13.1 Å². The average molecular weight is 323 g/mol. The Morgan fingerprint density at radius 2 is 1.65 bits per heavy atom. The summed E-state index contributed by atoms with van der Waals surface area (Å²) in [5.74, 6) is 0. The second-order valence-electron chi connectivity index (χ2n) is 5.51. The highest BCUT2D eigenvalue weighted by Crippen LogP contribution is 2.29. The van der Waals surface area contributed by atoms with E-state index in [2.05, 4.69) is 5.32 Å². The van der Waals surface area contributed by atoms with E-state index in [1.807, 2.05) is 30.3 Å². The maximum absolute atomic E-state index is 12.6. The summed E-state index contributed by atoms with van der Waals surface area (Å²) < 4.78 is 37.9. The fourth-order valence-corrected chi connectivity index (χ4v) is 2.32. The monoisotopic (exact) mass is 323 g/mol. The summed E-state index contributed by atoms with van der Waals surface area (Å²) in [4.78, 5) is 0. The van der Waals surface area contributed by atoms with E-state index in [0.717, 1.165) is 24.1 Å². The smallest absolute Gasteiger partial charge is 0.392 e. The van der Waals surface area contributed by atoms with E-state index >= 15 is 0 Å². The first-order valence-corrected chi connectivity index (χ1v) is 7.54. The average Bonchev–Trinajstić information content (AvgIpc) is 2.53. The van der Waals surface area contributed by atoms with Crippen molar-refractivity contribution in [2.45, 2.75) is 31.7 Å². The molecular weight excluding hydrogens is 303 g/mol. The SMILES string of the molecule is O[C@H](CCc1ccccc1)CNCc1cccc(C(F)(F)F)c1. The molecule has 0 bridgehead atoms. The maximum Gasteiger partial charge on any atom is 0.416 e. The Morgan fingerprint density at radius 1 is 0.957 bits per heavy atom. The van der Waals surface area contributed by atoms with Crippen molar-refractivity contribution < 1.29 is 18.3 Å². The van der Waals surface area contributed by atoms with Crippen LogP contribution in [0.2, 0.25) is 0 Å². The van der Waals surface area contributed by atoms with Gasteiger partial charge in [-0.05, 0) is 30.0 Å². The molecule has 0 unspecified atom stereocenters. The summed E-state index contributed by atoms with van der Waals surface area (Å²) >= 11 is 0. The summed E-state index contributed by atoms with van der Waals surface area (Å²) in [6, 6.07) is 15.1. The predicted molar refractivity (Wildman–Crippen MR) is 83.9 cm³/mol. The molecule has 2 rings (SSSR count). The minimum atomic E-state index is -4.33. The zero-order valence-electron chi connectivity index (χ0n) is 12.7. The number of hydrogen-bond acceptors (Lipinski definition) is 2. The zero-order valence-corrected chi connectivity index (χ0v) is 12.7. The number of rotatable bonds is 7. The van der Waals surface area contributed by atoms with E-state index in [-0.39, 0.29) is 0 Å². The van der Waals surface area contributed by atoms with Gasteiger partial charge in [0.1, 0.15) is 0 Å². The van der Waals surface area contributed by atoms with Gasteiger partial charge < -0.3 is 10.4 Å². The molecule has 0 aliphatic rings. The Morgan fingerprint density at radius 3 is 2.35 bits per heavy atom. The summed E-state index contributed by atoms with van der Waals surface area (Å²) in [5, 5.41) is 12.9. The topological polar surface area (TPSA) is 32.3 Å². The van der Waals surface area contributed by atoms with Crippen LogP contribution in [-0.4, -0.2) is 17.8 Å². The molecule has 0 spiro atoms. The van der Waals surface area contributed by atoms with Crippen LogP contribution in [0.25, 0.3) is 0 Å². The van der Waals surface area contributed by atoms with Crippen LogP contribution < -0.4 is 5.32 Å². The van der Waals surface area contributed by atoms with Gasteiger partial charge in [0.05, 0.1) is 11.7 Å². The summed E-state index contributed by atoms with van der Waals surface area (Å²) in [6.07, 6.45) is -3.47. The quantitative estimate of drug-likeness (QED) is 0.812. The number of aliphatic hydroxyl groups excluding tert-OH is 1. The standard InChI is InChI=1S/C18H20F3NO/c19-18(20,21)16-8-4-7-15(11-16)12-22-13-17(23)10-9-14-5-2-1-3-6-14/h1-8,11,17,22-23H,9-10,12-13H2/t17-/m1/s1. The lowest BCUT2D eigenvalue weighted by Gasteiger charge is -2.13. The maximum atomic E-state index is 12.6. The number of hydrogen-bond donors (Lipinski definition) is 2. The van der Waals surface area contributed by atoms with E-state index in [1.54, 1.807) is 6.07 Å². The van der Waals surface area contributed by atoms with Crippen LogP contribution in [-0.2, 0) is 19.1 Å². The van der Waals surface area contributed by atoms with Crippen LogP contribution in [0.15, 0.2) is 54.6 Å². The molecule has 0 radical (unpaired) electrons. The highest BCUT2D eigenvalue weighted by molar-refractivity contribution is 5.25. The molecule has 0 saturated heterocycles. The fraction of sp³-hybridized carbons (Fsp3) is 0.333. The predicted octanol–water partition coefficient (Wildman–Crippen LogP) is 3.79. The third-order valence-electron chi connectivity index (χ3n) is 3.57. The fourth-order valence-electron chi connectivity index (χ4n) is 2.32. The molecule has 2 aromatic carbocycles. The highest BCUT2D eigenvalue weighted by Gasteiger charge is 2.30. The normalized spacial score (nSPS) is 13.0. The number of halogens is 3. The molecule has 0 aliphatic heterocycles. The molecule has 0 heterocycles. The summed E-state index contributed by atoms with van der Waals surface area (Å²) in [6.45, 7) is 0.648. The lowest BCUT2D eigenvalue weighted by atomic mass is 10.1. The van der Waals surface area contributed by atoms with Crippen molar-refractivity contribution in [3.05, 3.63) is 71.3 Å². The van der Waals surface area contributed by atoms with Gasteiger partial charge in [0.25, 0.3) is 0 Å². The summed E-state index contributed by atoms with van der Waals surface area (Å²) in [5.41, 5.74) is 1.06. The van der Waals surface area contributed by atoms with Crippen LogP contribution in [0.1, 0.15) is 23.1 Å². The molecule has 1 atom stereocenters. The van der Waals surface area contributed by atoms with Gasteiger partial charge in [0.2, 0.25) is 0 Å². The van der Waals surface area contributed by atoms with Crippen LogP contribution in [0, 0.1) is 0 Å². The molecule has 0 amide bonds. The van der Waals surface area contributed by atoms with Gasteiger partial charge in [-0.2, -0.15) is 13.2 Å². The molecule has 5 heteroatoms. The number of aliphatic hydroxyl groups is 1. The van der Waals surface area contributed by atoms with E-state index in [9.17, 15) is 18.3 Å². The Kier molecular flexibility index (Phi) is 6.19. The van der Waals surface area contributed by atoms with Crippen molar-refractivity contribution in [2.75, 3.05) is 6.54 Å². The second kappa shape index (κ2) is 8.13. The van der Waals surface area contributed by atoms with Crippen LogP contribution >= 0.6 is 0 Å². The Labute approximate surface area is 134 Å². The molecule has 23 heavy (non-hydrogen) atoms. The van der Waals surface area contributed by atoms with Crippen LogP contribution in [0.3, 0.4) is 0 Å². The van der Waals surface area contributed by atoms with E-state index in [1.165, 1.54) is 6.07 Å². The highest BCUT2D eigenvalue weighted by atomic mass is 19.4. The largest absolute Gasteiger partial charge is 0.416 e. The van der Waals surface area contributed by atoms with Crippen molar-refractivity contribution in [3.63, 3.8) is 0 Å². The lowest BCUT2D eigenvalue weighted by Crippen LogP contribution is -2.26. The first-order chi connectivity index (χ1) is 10.9. The van der Waals surface area contributed by atoms with Crippen molar-refractivity contribution >= 4 is 0 Å². The number of nitrogens with one attached hydrogen (secondary N) is 1. The lowest BCUT2D eigenvalue weighted by molar-refractivity contribution is -0.137. The van der Waals surface area contributed by atoms with Gasteiger partial charge in [-0.25, -0.2) is 0 Å². The molecule has 0 fully saturated rings. The first-order valence-electron chi connectivity index (χ1n) is 7.54. The van der Waals surface area contributed by atoms with Crippen molar-refractivity contribution in [1.82, 2.24) is 5.32 Å². The first kappa shape index (κ1) is 17.5. The Balaban J connectivity index is 1.74. The van der Waals surface area contributed by atoms with E-state index in [4.69, 9.17) is 0 Å². The third kappa shape index (κ3) is 6.04. The molecular formula is C18H20F3NO. The van der Waals surface area contributed by atoms with E-state index < -0.39 is 17.8 Å². The van der Waals surface area contributed by atoms with Crippen molar-refractivity contribution in [2.24, 2.45) is 0 Å². The van der Waals surface area contributed by atoms with Crippen molar-refractivity contribution in [3.8, 4) is 0 Å². The van der Waals surface area contributed by atoms with Crippen LogP contribution in [0.4, 0.5) is 13.2 Å². The Bertz CT molecular complexity index is 599. The van der Waals surface area contributed by atoms with Crippen molar-refractivity contribution in [1.29, 1.82) is 0 Å². The van der Waals surface area contributed by atoms with Gasteiger partial charge in [-0.1, -0.05) is 48.5 Å². The number of alkyl halides is 3.